The fourth-order valence-corrected chi connectivity index (χ4v) is 2.17. The molecule has 0 unspecified atom stereocenters. The van der Waals surface area contributed by atoms with Crippen LogP contribution in [0.5, 0.6) is 5.75 Å². The van der Waals surface area contributed by atoms with Gasteiger partial charge in [0.25, 0.3) is 0 Å². The van der Waals surface area contributed by atoms with Crippen molar-refractivity contribution in [3.8, 4) is 5.75 Å². The summed E-state index contributed by atoms with van der Waals surface area (Å²) in [5, 5.41) is 19.9. The fourth-order valence-electron chi connectivity index (χ4n) is 2.17. The average molecular weight is 280 g/mol. The van der Waals surface area contributed by atoms with Crippen molar-refractivity contribution in [3.63, 3.8) is 0 Å². The largest absolute Gasteiger partial charge is 0.483 e. The molecule has 0 spiro atoms. The predicted octanol–water partition coefficient (Wildman–Crippen LogP) is 1.77. The van der Waals surface area contributed by atoms with Gasteiger partial charge in [-0.15, -0.1) is 0 Å². The third kappa shape index (κ3) is 3.24. The Morgan fingerprint density at radius 2 is 2.10 bits per heavy atom. The van der Waals surface area contributed by atoms with Crippen LogP contribution in [0.2, 0.25) is 0 Å². The highest BCUT2D eigenvalue weighted by molar-refractivity contribution is 5.88. The molecule has 1 N–H and O–H groups in total. The van der Waals surface area contributed by atoms with Gasteiger partial charge >= 0.3 is 11.7 Å². The summed E-state index contributed by atoms with van der Waals surface area (Å²) in [6, 6.07) is 3.61. The monoisotopic (exact) mass is 280 g/mol. The molecule has 20 heavy (non-hydrogen) atoms. The number of likely N-dealkylation sites (tertiary alicyclic amines) is 1. The highest BCUT2D eigenvalue weighted by Gasteiger charge is 2.23. The van der Waals surface area contributed by atoms with Crippen LogP contribution < -0.4 is 4.74 Å². The molecule has 1 aromatic carbocycles. The lowest BCUT2D eigenvalue weighted by atomic mass is 10.1. The smallest absolute Gasteiger partial charge is 0.335 e. The lowest BCUT2D eigenvalue weighted by molar-refractivity contribution is -0.386. The van der Waals surface area contributed by atoms with Crippen molar-refractivity contribution in [2.75, 3.05) is 20.1 Å². The Labute approximate surface area is 115 Å². The van der Waals surface area contributed by atoms with E-state index >= 15 is 0 Å². The van der Waals surface area contributed by atoms with Crippen LogP contribution in [0.1, 0.15) is 23.2 Å². The number of piperidine rings is 1. The summed E-state index contributed by atoms with van der Waals surface area (Å²) >= 11 is 0. The van der Waals surface area contributed by atoms with Crippen LogP contribution >= 0.6 is 0 Å². The molecule has 2 rings (SSSR count). The van der Waals surface area contributed by atoms with E-state index in [9.17, 15) is 14.9 Å². The van der Waals surface area contributed by atoms with Crippen LogP contribution in [0.4, 0.5) is 5.69 Å². The summed E-state index contributed by atoms with van der Waals surface area (Å²) in [6.45, 7) is 1.72. The number of carboxylic acids is 1. The SMILES string of the molecule is CN1CCC(Oc2cc(C(=O)O)ccc2[N+](=O)[O-])CC1. The molecule has 1 aliphatic rings. The van der Waals surface area contributed by atoms with Gasteiger partial charge in [-0.25, -0.2) is 4.79 Å². The van der Waals surface area contributed by atoms with E-state index in [0.29, 0.717) is 0 Å². The Hall–Kier alpha value is -2.15. The molecule has 1 heterocycles. The number of nitrogens with zero attached hydrogens (tertiary/aromatic N) is 2. The second-order valence-electron chi connectivity index (χ2n) is 4.87. The van der Waals surface area contributed by atoms with Gasteiger partial charge in [0, 0.05) is 25.2 Å². The predicted molar refractivity (Wildman–Crippen MR) is 71.2 cm³/mol. The van der Waals surface area contributed by atoms with Gasteiger partial charge in [0.1, 0.15) is 6.10 Å². The molecule has 0 aliphatic carbocycles. The van der Waals surface area contributed by atoms with E-state index < -0.39 is 10.9 Å². The fraction of sp³-hybridized carbons (Fsp3) is 0.462. The summed E-state index contributed by atoms with van der Waals surface area (Å²) in [7, 11) is 2.00. The van der Waals surface area contributed by atoms with Gasteiger partial charge in [0.15, 0.2) is 5.75 Å². The molecule has 0 radical (unpaired) electrons. The minimum Gasteiger partial charge on any atom is -0.483 e. The van der Waals surface area contributed by atoms with Gasteiger partial charge in [0.05, 0.1) is 10.5 Å². The standard InChI is InChI=1S/C13H16N2O5/c1-14-6-4-10(5-7-14)20-12-8-9(13(16)17)2-3-11(12)15(18)19/h2-3,8,10H,4-7H2,1H3,(H,16,17). The Morgan fingerprint density at radius 1 is 1.45 bits per heavy atom. The molecule has 0 saturated carbocycles. The van der Waals surface area contributed by atoms with E-state index in [1.54, 1.807) is 0 Å². The normalized spacial score (nSPS) is 16.9. The number of hydrogen-bond acceptors (Lipinski definition) is 5. The summed E-state index contributed by atoms with van der Waals surface area (Å²) in [6.07, 6.45) is 1.42. The van der Waals surface area contributed by atoms with Crippen molar-refractivity contribution in [1.29, 1.82) is 0 Å². The van der Waals surface area contributed by atoms with Crippen LogP contribution in [0, 0.1) is 10.1 Å². The van der Waals surface area contributed by atoms with Gasteiger partial charge in [0.2, 0.25) is 0 Å². The summed E-state index contributed by atoms with van der Waals surface area (Å²) in [5.74, 6) is -1.10. The third-order valence-corrected chi connectivity index (χ3v) is 3.36. The molecule has 108 valence electrons. The van der Waals surface area contributed by atoms with Gasteiger partial charge in [-0.3, -0.25) is 10.1 Å². The minimum absolute atomic E-state index is 0.0153. The Balaban J connectivity index is 2.21. The maximum atomic E-state index is 11.0. The molecule has 0 aromatic heterocycles. The topological polar surface area (TPSA) is 92.9 Å². The second-order valence-corrected chi connectivity index (χ2v) is 4.87. The van der Waals surface area contributed by atoms with Crippen molar-refractivity contribution in [1.82, 2.24) is 4.90 Å². The quantitative estimate of drug-likeness (QED) is 0.667. The zero-order chi connectivity index (χ0) is 14.7. The van der Waals surface area contributed by atoms with Crippen molar-refractivity contribution in [3.05, 3.63) is 33.9 Å². The number of ether oxygens (including phenoxy) is 1. The average Bonchev–Trinajstić information content (AvgIpc) is 2.41. The van der Waals surface area contributed by atoms with Gasteiger partial charge in [-0.1, -0.05) is 0 Å². The van der Waals surface area contributed by atoms with Gasteiger partial charge < -0.3 is 14.7 Å². The number of aromatic carboxylic acids is 1. The van der Waals surface area contributed by atoms with Crippen LogP contribution in [0.3, 0.4) is 0 Å². The lowest BCUT2D eigenvalue weighted by Crippen LogP contribution is -2.35. The number of benzene rings is 1. The van der Waals surface area contributed by atoms with E-state index in [1.165, 1.54) is 18.2 Å². The lowest BCUT2D eigenvalue weighted by Gasteiger charge is -2.29. The van der Waals surface area contributed by atoms with E-state index in [0.717, 1.165) is 25.9 Å². The van der Waals surface area contributed by atoms with Gasteiger partial charge in [-0.05, 0) is 26.0 Å². The van der Waals surface area contributed by atoms with Crippen LogP contribution in [-0.2, 0) is 0 Å². The number of rotatable bonds is 4. The molecule has 7 nitrogen and oxygen atoms in total. The molecule has 0 bridgehead atoms. The zero-order valence-corrected chi connectivity index (χ0v) is 11.1. The van der Waals surface area contributed by atoms with Gasteiger partial charge in [-0.2, -0.15) is 0 Å². The number of carbonyl (C=O) groups is 1. The number of carboxylic acid groups (broad SMARTS) is 1. The number of nitro benzene ring substituents is 1. The van der Waals surface area contributed by atoms with Crippen LogP contribution in [0.15, 0.2) is 18.2 Å². The second kappa shape index (κ2) is 5.87. The molecule has 7 heteroatoms. The summed E-state index contributed by atoms with van der Waals surface area (Å²) in [4.78, 5) is 23.5. The molecular formula is C13H16N2O5. The first-order valence-electron chi connectivity index (χ1n) is 6.34. The minimum atomic E-state index is -1.13. The highest BCUT2D eigenvalue weighted by Crippen LogP contribution is 2.30. The first-order valence-corrected chi connectivity index (χ1v) is 6.34. The van der Waals surface area contributed by atoms with E-state index in [1.807, 2.05) is 7.05 Å². The Bertz CT molecular complexity index is 523. The van der Waals surface area contributed by atoms with Crippen molar-refractivity contribution in [2.24, 2.45) is 0 Å². The first-order chi connectivity index (χ1) is 9.47. The molecule has 1 saturated heterocycles. The Kier molecular flexibility index (Phi) is 4.19. The third-order valence-electron chi connectivity index (χ3n) is 3.36. The maximum Gasteiger partial charge on any atom is 0.335 e. The molecule has 1 fully saturated rings. The van der Waals surface area contributed by atoms with Crippen molar-refractivity contribution < 1.29 is 19.6 Å². The first kappa shape index (κ1) is 14.3. The van der Waals surface area contributed by atoms with Crippen molar-refractivity contribution >= 4 is 11.7 Å². The zero-order valence-electron chi connectivity index (χ0n) is 11.1. The molecular weight excluding hydrogens is 264 g/mol. The maximum absolute atomic E-state index is 11.0. The summed E-state index contributed by atoms with van der Waals surface area (Å²) < 4.78 is 5.66. The molecule has 0 amide bonds. The molecule has 0 atom stereocenters. The van der Waals surface area contributed by atoms with Crippen LogP contribution in [0.25, 0.3) is 0 Å². The summed E-state index contributed by atoms with van der Waals surface area (Å²) in [5.41, 5.74) is -0.215. The number of nitro groups is 1. The van der Waals surface area contributed by atoms with Crippen LogP contribution in [-0.4, -0.2) is 47.1 Å². The van der Waals surface area contributed by atoms with E-state index in [-0.39, 0.29) is 23.1 Å². The van der Waals surface area contributed by atoms with E-state index in [4.69, 9.17) is 9.84 Å². The number of hydrogen-bond donors (Lipinski definition) is 1. The molecule has 1 aliphatic heterocycles. The Morgan fingerprint density at radius 3 is 2.65 bits per heavy atom. The highest BCUT2D eigenvalue weighted by atomic mass is 16.6. The van der Waals surface area contributed by atoms with Crippen molar-refractivity contribution in [2.45, 2.75) is 18.9 Å². The van der Waals surface area contributed by atoms with E-state index in [2.05, 4.69) is 4.90 Å². The molecule has 1 aromatic rings.